The number of halogens is 3. The summed E-state index contributed by atoms with van der Waals surface area (Å²) in [7, 11) is 0. The molecule has 124 valence electrons. The van der Waals surface area contributed by atoms with Gasteiger partial charge in [-0.25, -0.2) is 8.78 Å². The van der Waals surface area contributed by atoms with E-state index in [-0.39, 0.29) is 41.5 Å². The number of nitrogens with zero attached hydrogens (tertiary/aromatic N) is 1. The minimum Gasteiger partial charge on any atom is -0.370 e. The van der Waals surface area contributed by atoms with Crippen LogP contribution in [-0.2, 0) is 0 Å². The number of rotatable bonds is 7. The van der Waals surface area contributed by atoms with E-state index >= 15 is 0 Å². The fraction of sp³-hybridized carbons (Fsp3) is 0.562. The first kappa shape index (κ1) is 19.1. The Bertz CT molecular complexity index is 488. The second kappa shape index (κ2) is 9.27. The summed E-state index contributed by atoms with van der Waals surface area (Å²) < 4.78 is 27.3. The predicted molar refractivity (Wildman–Crippen MR) is 96.7 cm³/mol. The van der Waals surface area contributed by atoms with Crippen LogP contribution in [0.15, 0.2) is 23.2 Å². The summed E-state index contributed by atoms with van der Waals surface area (Å²) in [5.74, 6) is -0.755. The maximum atomic E-state index is 13.6. The molecule has 3 N–H and O–H groups in total. The highest BCUT2D eigenvalue weighted by Gasteiger charge is 2.42. The van der Waals surface area contributed by atoms with Gasteiger partial charge >= 0.3 is 0 Å². The third kappa shape index (κ3) is 5.37. The zero-order chi connectivity index (χ0) is 15.2. The van der Waals surface area contributed by atoms with Gasteiger partial charge in [-0.2, -0.15) is 0 Å². The number of aliphatic imine (C=N–C) groups is 1. The van der Waals surface area contributed by atoms with Crippen molar-refractivity contribution >= 4 is 29.9 Å². The summed E-state index contributed by atoms with van der Waals surface area (Å²) in [4.78, 5) is 4.24. The van der Waals surface area contributed by atoms with Gasteiger partial charge in [0, 0.05) is 24.1 Å². The second-order valence-electron chi connectivity index (χ2n) is 5.56. The van der Waals surface area contributed by atoms with Gasteiger partial charge in [-0.3, -0.25) is 4.99 Å². The highest BCUT2D eigenvalue weighted by atomic mass is 127. The maximum Gasteiger partial charge on any atom is 0.188 e. The van der Waals surface area contributed by atoms with Crippen molar-refractivity contribution in [1.29, 1.82) is 0 Å². The lowest BCUT2D eigenvalue weighted by Gasteiger charge is -2.07. The van der Waals surface area contributed by atoms with Gasteiger partial charge in [0.05, 0.1) is 0 Å². The van der Waals surface area contributed by atoms with Crippen LogP contribution in [0.25, 0.3) is 0 Å². The normalized spacial score (nSPS) is 20.4. The molecule has 1 aromatic rings. The van der Waals surface area contributed by atoms with Gasteiger partial charge in [-0.1, -0.05) is 32.3 Å². The fourth-order valence-corrected chi connectivity index (χ4v) is 2.51. The Hall–Kier alpha value is -0.920. The molecule has 2 unspecified atom stereocenters. The molecule has 0 aromatic heterocycles. The van der Waals surface area contributed by atoms with E-state index in [2.05, 4.69) is 17.2 Å². The number of hydrogen-bond acceptors (Lipinski definition) is 1. The minimum absolute atomic E-state index is 0. The molecule has 0 saturated heterocycles. The number of guanidine groups is 1. The van der Waals surface area contributed by atoms with E-state index in [1.165, 1.54) is 31.0 Å². The molecule has 1 saturated carbocycles. The Morgan fingerprint density at radius 3 is 2.59 bits per heavy atom. The van der Waals surface area contributed by atoms with Gasteiger partial charge in [0.2, 0.25) is 0 Å². The van der Waals surface area contributed by atoms with Crippen molar-refractivity contribution in [3.8, 4) is 0 Å². The van der Waals surface area contributed by atoms with E-state index in [4.69, 9.17) is 5.73 Å². The van der Waals surface area contributed by atoms with Crippen LogP contribution in [0.2, 0.25) is 0 Å². The van der Waals surface area contributed by atoms with Crippen LogP contribution in [0.5, 0.6) is 0 Å². The Morgan fingerprint density at radius 2 is 1.95 bits per heavy atom. The maximum absolute atomic E-state index is 13.6. The van der Waals surface area contributed by atoms with Gasteiger partial charge in [0.25, 0.3) is 0 Å². The molecule has 2 rings (SSSR count). The van der Waals surface area contributed by atoms with Crippen molar-refractivity contribution in [2.45, 2.75) is 51.0 Å². The zero-order valence-corrected chi connectivity index (χ0v) is 15.1. The molecule has 3 nitrogen and oxygen atoms in total. The van der Waals surface area contributed by atoms with E-state index in [1.54, 1.807) is 0 Å². The Morgan fingerprint density at radius 1 is 1.27 bits per heavy atom. The molecule has 0 amide bonds. The van der Waals surface area contributed by atoms with Crippen LogP contribution < -0.4 is 11.1 Å². The van der Waals surface area contributed by atoms with Crippen LogP contribution in [-0.4, -0.2) is 18.5 Å². The van der Waals surface area contributed by atoms with Gasteiger partial charge in [-0.05, 0) is 25.0 Å². The fourth-order valence-electron chi connectivity index (χ4n) is 2.51. The van der Waals surface area contributed by atoms with E-state index < -0.39 is 11.6 Å². The molecule has 0 radical (unpaired) electrons. The molecule has 2 atom stereocenters. The smallest absolute Gasteiger partial charge is 0.188 e. The van der Waals surface area contributed by atoms with E-state index in [9.17, 15) is 8.78 Å². The minimum atomic E-state index is -0.487. The van der Waals surface area contributed by atoms with Crippen molar-refractivity contribution < 1.29 is 8.78 Å². The summed E-state index contributed by atoms with van der Waals surface area (Å²) in [6.45, 7) is 2.86. The summed E-state index contributed by atoms with van der Waals surface area (Å²) in [6.07, 6.45) is 5.26. The zero-order valence-electron chi connectivity index (χ0n) is 12.8. The average Bonchev–Trinajstić information content (AvgIpc) is 3.17. The van der Waals surface area contributed by atoms with Crippen LogP contribution in [0.4, 0.5) is 8.78 Å². The first-order valence-corrected chi connectivity index (χ1v) is 7.63. The van der Waals surface area contributed by atoms with Crippen LogP contribution >= 0.6 is 24.0 Å². The number of nitrogens with two attached hydrogens (primary N) is 1. The van der Waals surface area contributed by atoms with Crippen LogP contribution in [0, 0.1) is 11.6 Å². The summed E-state index contributed by atoms with van der Waals surface area (Å²) in [6, 6.07) is 3.94. The van der Waals surface area contributed by atoms with E-state index in [0.29, 0.717) is 18.9 Å². The monoisotopic (exact) mass is 423 g/mol. The van der Waals surface area contributed by atoms with Crippen LogP contribution in [0.1, 0.15) is 50.5 Å². The summed E-state index contributed by atoms with van der Waals surface area (Å²) >= 11 is 0. The largest absolute Gasteiger partial charge is 0.370 e. The van der Waals surface area contributed by atoms with E-state index in [1.807, 2.05) is 0 Å². The number of unbranched alkanes of at least 4 members (excludes halogenated alkanes) is 3. The first-order valence-electron chi connectivity index (χ1n) is 7.63. The van der Waals surface area contributed by atoms with Gasteiger partial charge < -0.3 is 11.1 Å². The molecule has 0 heterocycles. The lowest BCUT2D eigenvalue weighted by atomic mass is 10.1. The molecule has 1 aromatic carbocycles. The van der Waals surface area contributed by atoms with Gasteiger partial charge in [0.15, 0.2) is 5.96 Å². The molecular formula is C16H24F2IN3. The highest BCUT2D eigenvalue weighted by Crippen LogP contribution is 2.42. The van der Waals surface area contributed by atoms with Crippen molar-refractivity contribution in [3.05, 3.63) is 35.4 Å². The Kier molecular flexibility index (Phi) is 8.06. The van der Waals surface area contributed by atoms with Gasteiger partial charge in [-0.15, -0.1) is 24.0 Å². The molecule has 1 aliphatic rings. The van der Waals surface area contributed by atoms with E-state index in [0.717, 1.165) is 12.8 Å². The second-order valence-corrected chi connectivity index (χ2v) is 5.56. The van der Waals surface area contributed by atoms with Crippen molar-refractivity contribution in [3.63, 3.8) is 0 Å². The number of hydrogen-bond donors (Lipinski definition) is 2. The van der Waals surface area contributed by atoms with Crippen molar-refractivity contribution in [1.82, 2.24) is 5.32 Å². The Balaban J connectivity index is 0.00000242. The molecular weight excluding hydrogens is 399 g/mol. The van der Waals surface area contributed by atoms with Crippen molar-refractivity contribution in [2.24, 2.45) is 10.7 Å². The molecule has 0 aliphatic heterocycles. The lowest BCUT2D eigenvalue weighted by molar-refractivity contribution is 0.553. The molecule has 0 spiro atoms. The number of nitrogens with one attached hydrogen (secondary N) is 1. The standard InChI is InChI=1S/C16H23F2N3.HI/c1-2-3-4-5-9-20-16(19)21-14-10-11(14)15-12(17)7-6-8-13(15)18;/h6-8,11,14H,2-5,9-10H2,1H3,(H3,19,20,21);1H. The molecule has 0 bridgehead atoms. The van der Waals surface area contributed by atoms with Gasteiger partial charge in [0.1, 0.15) is 11.6 Å². The Labute approximate surface area is 147 Å². The summed E-state index contributed by atoms with van der Waals surface area (Å²) in [5, 5.41) is 3.04. The predicted octanol–water partition coefficient (Wildman–Crippen LogP) is 3.92. The third-order valence-corrected chi connectivity index (χ3v) is 3.79. The average molecular weight is 423 g/mol. The quantitative estimate of drug-likeness (QED) is 0.302. The first-order chi connectivity index (χ1) is 10.1. The molecule has 6 heteroatoms. The lowest BCUT2D eigenvalue weighted by Crippen LogP contribution is -2.34. The highest BCUT2D eigenvalue weighted by molar-refractivity contribution is 14.0. The molecule has 1 fully saturated rings. The summed E-state index contributed by atoms with van der Waals surface area (Å²) in [5.41, 5.74) is 5.96. The molecule has 22 heavy (non-hydrogen) atoms. The molecule has 1 aliphatic carbocycles. The van der Waals surface area contributed by atoms with Crippen molar-refractivity contribution in [2.75, 3.05) is 6.54 Å². The van der Waals surface area contributed by atoms with Crippen LogP contribution in [0.3, 0.4) is 0 Å². The third-order valence-electron chi connectivity index (χ3n) is 3.79. The number of benzene rings is 1. The topological polar surface area (TPSA) is 50.4 Å². The SMILES string of the molecule is CCCCCCN=C(N)NC1CC1c1c(F)cccc1F.I.